The van der Waals surface area contributed by atoms with E-state index in [2.05, 4.69) is 21.2 Å². The first kappa shape index (κ1) is 20.1. The lowest BCUT2D eigenvalue weighted by atomic mass is 10.1. The molecule has 1 N–H and O–H groups in total. The summed E-state index contributed by atoms with van der Waals surface area (Å²) < 4.78 is 12.2. The fraction of sp³-hybridized carbons (Fsp3) is 0.222. The minimum absolute atomic E-state index is 0.199. The predicted molar refractivity (Wildman–Crippen MR) is 106 cm³/mol. The maximum Gasteiger partial charge on any atom is 0.342 e. The monoisotopic (exact) mass is 440 g/mol. The van der Waals surface area contributed by atoms with Gasteiger partial charge in [0.1, 0.15) is 11.4 Å². The highest BCUT2D eigenvalue weighted by Gasteiger charge is 2.21. The molecule has 2 rings (SSSR count). The van der Waals surface area contributed by atoms with E-state index >= 15 is 0 Å². The third-order valence-corrected chi connectivity index (χ3v) is 4.36. The second-order valence-electron chi connectivity index (χ2n) is 5.22. The zero-order valence-electron chi connectivity index (χ0n) is 14.5. The van der Waals surface area contributed by atoms with Crippen LogP contribution in [-0.4, -0.2) is 24.3 Å². The number of hydrogen-bond donors (Lipinski definition) is 1. The largest absolute Gasteiger partial charge is 0.501 e. The van der Waals surface area contributed by atoms with Crippen LogP contribution >= 0.6 is 27.5 Å². The molecule has 0 amide bonds. The number of rotatable bonds is 6. The zero-order chi connectivity index (χ0) is 19.3. The molecular weight excluding hydrogens is 424 g/mol. The van der Waals surface area contributed by atoms with Crippen LogP contribution in [0.1, 0.15) is 22.8 Å². The Morgan fingerprint density at radius 3 is 2.73 bits per heavy atom. The summed E-state index contributed by atoms with van der Waals surface area (Å²) in [4.78, 5) is 24.7. The number of hydrogen-bond acceptors (Lipinski definition) is 5. The summed E-state index contributed by atoms with van der Waals surface area (Å²) in [6.45, 7) is 2.30. The predicted octanol–water partition coefficient (Wildman–Crippen LogP) is 4.34. The van der Waals surface area contributed by atoms with Gasteiger partial charge < -0.3 is 14.8 Å². The molecule has 0 fully saturated rings. The van der Waals surface area contributed by atoms with Crippen molar-refractivity contribution in [3.05, 3.63) is 61.5 Å². The molecule has 0 radical (unpaired) electrons. The minimum Gasteiger partial charge on any atom is -0.501 e. The van der Waals surface area contributed by atoms with Crippen LogP contribution in [0.3, 0.4) is 0 Å². The van der Waals surface area contributed by atoms with Gasteiger partial charge in [-0.05, 0) is 31.2 Å². The van der Waals surface area contributed by atoms with Crippen molar-refractivity contribution in [2.75, 3.05) is 19.0 Å². The van der Waals surface area contributed by atoms with Gasteiger partial charge in [0, 0.05) is 23.2 Å². The molecule has 1 aromatic carbocycles. The lowest BCUT2D eigenvalue weighted by Crippen LogP contribution is -2.23. The van der Waals surface area contributed by atoms with Gasteiger partial charge in [0.2, 0.25) is 0 Å². The van der Waals surface area contributed by atoms with E-state index in [1.165, 1.54) is 24.0 Å². The summed E-state index contributed by atoms with van der Waals surface area (Å²) in [7, 11) is 2.83. The molecule has 2 aromatic rings. The van der Waals surface area contributed by atoms with Crippen molar-refractivity contribution in [2.45, 2.75) is 6.92 Å². The summed E-state index contributed by atoms with van der Waals surface area (Å²) >= 11 is 9.59. The average molecular weight is 442 g/mol. The van der Waals surface area contributed by atoms with Gasteiger partial charge in [0.25, 0.3) is 5.56 Å². The Balaban J connectivity index is 2.65. The van der Waals surface area contributed by atoms with Crippen molar-refractivity contribution in [1.82, 2.24) is 4.57 Å². The highest BCUT2D eigenvalue weighted by Crippen LogP contribution is 2.30. The number of nitrogens with zero attached hydrogens (tertiary/aromatic N) is 1. The molecule has 138 valence electrons. The van der Waals surface area contributed by atoms with Crippen molar-refractivity contribution in [3.63, 3.8) is 0 Å². The third-order valence-electron chi connectivity index (χ3n) is 3.55. The summed E-state index contributed by atoms with van der Waals surface area (Å²) in [6.07, 6.45) is 2.98. The number of carbonyl (C=O) groups excluding carboxylic acids is 1. The number of pyridine rings is 1. The van der Waals surface area contributed by atoms with E-state index in [1.54, 1.807) is 31.3 Å². The van der Waals surface area contributed by atoms with Crippen molar-refractivity contribution in [2.24, 2.45) is 7.05 Å². The van der Waals surface area contributed by atoms with Gasteiger partial charge in [-0.15, -0.1) is 0 Å². The van der Waals surface area contributed by atoms with E-state index < -0.39 is 5.97 Å². The molecule has 0 atom stereocenters. The first-order chi connectivity index (χ1) is 12.4. The van der Waals surface area contributed by atoms with Gasteiger partial charge in [-0.25, -0.2) is 4.79 Å². The van der Waals surface area contributed by atoms with E-state index in [4.69, 9.17) is 21.1 Å². The van der Waals surface area contributed by atoms with E-state index in [0.29, 0.717) is 22.9 Å². The van der Waals surface area contributed by atoms with Crippen LogP contribution in [0.25, 0.3) is 6.08 Å². The fourth-order valence-corrected chi connectivity index (χ4v) is 2.97. The number of esters is 1. The Kier molecular flexibility index (Phi) is 6.88. The second-order valence-corrected chi connectivity index (χ2v) is 6.54. The molecule has 0 unspecified atom stereocenters. The highest BCUT2D eigenvalue weighted by molar-refractivity contribution is 9.10. The molecule has 0 saturated heterocycles. The lowest BCUT2D eigenvalue weighted by Gasteiger charge is -2.17. The molecular formula is C18H18BrClN2O4. The number of ether oxygens (including phenoxy) is 2. The van der Waals surface area contributed by atoms with Crippen molar-refractivity contribution >= 4 is 51.1 Å². The van der Waals surface area contributed by atoms with Gasteiger partial charge in [-0.1, -0.05) is 27.5 Å². The number of halogens is 2. The fourth-order valence-electron chi connectivity index (χ4n) is 2.25. The van der Waals surface area contributed by atoms with Crippen LogP contribution < -0.4 is 10.9 Å². The highest BCUT2D eigenvalue weighted by atomic mass is 79.9. The second kappa shape index (κ2) is 8.91. The van der Waals surface area contributed by atoms with Crippen molar-refractivity contribution in [1.29, 1.82) is 0 Å². The smallest absolute Gasteiger partial charge is 0.342 e. The van der Waals surface area contributed by atoms with Crippen LogP contribution in [0.5, 0.6) is 0 Å². The number of methoxy groups -OCH3 is 1. The lowest BCUT2D eigenvalue weighted by molar-refractivity contribution is 0.0601. The number of nitrogens with one attached hydrogen (secondary N) is 1. The maximum atomic E-state index is 12.4. The summed E-state index contributed by atoms with van der Waals surface area (Å²) in [5, 5.41) is 3.49. The van der Waals surface area contributed by atoms with Crippen LogP contribution in [-0.2, 0) is 16.5 Å². The van der Waals surface area contributed by atoms with Gasteiger partial charge in [-0.3, -0.25) is 9.36 Å². The molecule has 0 bridgehead atoms. The van der Waals surface area contributed by atoms with Crippen LogP contribution in [0.2, 0.25) is 5.02 Å². The Morgan fingerprint density at radius 2 is 2.12 bits per heavy atom. The molecule has 0 aliphatic rings. The Morgan fingerprint density at radius 1 is 1.38 bits per heavy atom. The van der Waals surface area contributed by atoms with Crippen LogP contribution in [0.15, 0.2) is 39.8 Å². The summed E-state index contributed by atoms with van der Waals surface area (Å²) in [6, 6.07) is 6.58. The molecule has 6 nitrogen and oxygen atoms in total. The number of carbonyl (C=O) groups is 1. The molecule has 0 aliphatic heterocycles. The average Bonchev–Trinajstić information content (AvgIpc) is 2.61. The Labute approximate surface area is 164 Å². The molecule has 0 spiro atoms. The summed E-state index contributed by atoms with van der Waals surface area (Å²) in [5.41, 5.74) is 0.819. The minimum atomic E-state index is -0.590. The molecule has 8 heteroatoms. The number of benzene rings is 1. The normalized spacial score (nSPS) is 10.8. The topological polar surface area (TPSA) is 69.6 Å². The van der Waals surface area contributed by atoms with Crippen LogP contribution in [0, 0.1) is 0 Å². The third kappa shape index (κ3) is 4.47. The first-order valence-electron chi connectivity index (χ1n) is 7.71. The van der Waals surface area contributed by atoms with E-state index in [0.717, 1.165) is 4.47 Å². The number of anilines is 2. The summed E-state index contributed by atoms with van der Waals surface area (Å²) in [5.74, 6) is -0.322. The zero-order valence-corrected chi connectivity index (χ0v) is 16.8. The molecule has 1 aromatic heterocycles. The quantitative estimate of drug-likeness (QED) is 0.533. The van der Waals surface area contributed by atoms with Crippen molar-refractivity contribution < 1.29 is 14.3 Å². The standard InChI is InChI=1S/C18H18BrClN2O4/c1-4-26-8-7-11-9-15(23)22(2)17(16(11)18(24)25-3)21-14-6-5-12(19)10-13(14)20/h5-10,21H,4H2,1-3H3/b8-7+. The van der Waals surface area contributed by atoms with E-state index in [-0.39, 0.29) is 16.9 Å². The first-order valence-corrected chi connectivity index (χ1v) is 8.88. The van der Waals surface area contributed by atoms with E-state index in [1.807, 2.05) is 6.92 Å². The SMILES string of the molecule is CCO/C=C/c1cc(=O)n(C)c(Nc2ccc(Br)cc2Cl)c1C(=O)OC. The van der Waals surface area contributed by atoms with Gasteiger partial charge in [0.05, 0.1) is 30.7 Å². The molecule has 26 heavy (non-hydrogen) atoms. The van der Waals surface area contributed by atoms with Gasteiger partial charge >= 0.3 is 5.97 Å². The van der Waals surface area contributed by atoms with Crippen molar-refractivity contribution in [3.8, 4) is 0 Å². The van der Waals surface area contributed by atoms with Crippen LogP contribution in [0.4, 0.5) is 11.5 Å². The van der Waals surface area contributed by atoms with Gasteiger partial charge in [-0.2, -0.15) is 0 Å². The molecule has 0 saturated carbocycles. The molecule has 0 aliphatic carbocycles. The molecule has 1 heterocycles. The van der Waals surface area contributed by atoms with E-state index in [9.17, 15) is 9.59 Å². The van der Waals surface area contributed by atoms with Gasteiger partial charge in [0.15, 0.2) is 0 Å². The Bertz CT molecular complexity index is 909. The Hall–Kier alpha value is -2.25. The number of aromatic nitrogens is 1. The maximum absolute atomic E-state index is 12.4.